The van der Waals surface area contributed by atoms with Crippen LogP contribution in [0.5, 0.6) is 5.75 Å². The molecule has 0 bridgehead atoms. The van der Waals surface area contributed by atoms with Gasteiger partial charge in [-0.15, -0.1) is 11.3 Å². The minimum atomic E-state index is -0.686. The van der Waals surface area contributed by atoms with E-state index in [0.717, 1.165) is 41.9 Å². The molecule has 4 nitrogen and oxygen atoms in total. The lowest BCUT2D eigenvalue weighted by atomic mass is 9.66. The largest absolute Gasteiger partial charge is 0.494 e. The van der Waals surface area contributed by atoms with Gasteiger partial charge in [0.05, 0.1) is 23.1 Å². The quantitative estimate of drug-likeness (QED) is 0.833. The van der Waals surface area contributed by atoms with Gasteiger partial charge in [0.1, 0.15) is 5.75 Å². The second-order valence-electron chi connectivity index (χ2n) is 7.60. The topological polar surface area (TPSA) is 49.8 Å². The van der Waals surface area contributed by atoms with Gasteiger partial charge in [-0.2, -0.15) is 0 Å². The van der Waals surface area contributed by atoms with Crippen LogP contribution in [0, 0.1) is 5.92 Å². The van der Waals surface area contributed by atoms with Crippen LogP contribution in [-0.2, 0) is 0 Å². The molecule has 3 atom stereocenters. The molecular weight excluding hydrogens is 358 g/mol. The molecule has 2 fully saturated rings. The molecule has 1 amide bonds. The van der Waals surface area contributed by atoms with Gasteiger partial charge in [-0.25, -0.2) is 0 Å². The zero-order valence-electron chi connectivity index (χ0n) is 15.8. The lowest BCUT2D eigenvalue weighted by molar-refractivity contribution is -0.115. The van der Waals surface area contributed by atoms with Crippen molar-refractivity contribution in [3.8, 4) is 5.75 Å². The van der Waals surface area contributed by atoms with Crippen LogP contribution in [0.25, 0.3) is 0 Å². The summed E-state index contributed by atoms with van der Waals surface area (Å²) in [6.07, 6.45) is 4.58. The molecule has 2 heterocycles. The summed E-state index contributed by atoms with van der Waals surface area (Å²) in [5.41, 5.74) is 0.336. The molecule has 1 aromatic carbocycles. The van der Waals surface area contributed by atoms with E-state index in [1.807, 2.05) is 47.5 Å². The van der Waals surface area contributed by atoms with E-state index in [0.29, 0.717) is 19.6 Å². The highest BCUT2D eigenvalue weighted by atomic mass is 32.1. The predicted octanol–water partition coefficient (Wildman–Crippen LogP) is 4.66. The standard InChI is InChI=1S/C22H27NO3S/c1-2-26-18-10-4-3-8-16(18)20-17-9-5-6-12-22(17,25)13-14-23(20)21(24)19-11-7-15-27-19/h3-4,7-8,10-11,15,17,20,25H,2,5-6,9,12-14H2,1H3/t17-,20+,22-/m0/s1. The number of benzene rings is 1. The molecule has 1 aliphatic heterocycles. The molecular formula is C22H27NO3S. The summed E-state index contributed by atoms with van der Waals surface area (Å²) < 4.78 is 5.90. The molecule has 1 saturated carbocycles. The van der Waals surface area contributed by atoms with Crippen LogP contribution in [-0.4, -0.2) is 34.7 Å². The number of fused-ring (bicyclic) bond motifs is 1. The molecule has 2 aliphatic rings. The monoisotopic (exact) mass is 385 g/mol. The lowest BCUT2D eigenvalue weighted by Gasteiger charge is -2.52. The predicted molar refractivity (Wildman–Crippen MR) is 107 cm³/mol. The Bertz CT molecular complexity index is 791. The maximum absolute atomic E-state index is 13.3. The summed E-state index contributed by atoms with van der Waals surface area (Å²) in [5.74, 6) is 0.934. The van der Waals surface area contributed by atoms with E-state index < -0.39 is 5.60 Å². The Labute approximate surface area is 164 Å². The Morgan fingerprint density at radius 1 is 1.26 bits per heavy atom. The molecule has 5 heteroatoms. The minimum absolute atomic E-state index is 0.0468. The van der Waals surface area contributed by atoms with E-state index in [2.05, 4.69) is 6.07 Å². The molecule has 0 spiro atoms. The molecule has 4 rings (SSSR count). The molecule has 1 aromatic heterocycles. The van der Waals surface area contributed by atoms with Crippen molar-refractivity contribution in [2.45, 2.75) is 50.7 Å². The van der Waals surface area contributed by atoms with Crippen molar-refractivity contribution in [1.29, 1.82) is 0 Å². The van der Waals surface area contributed by atoms with E-state index in [-0.39, 0.29) is 17.9 Å². The highest BCUT2D eigenvalue weighted by molar-refractivity contribution is 7.12. The Balaban J connectivity index is 1.78. The Morgan fingerprint density at radius 3 is 2.89 bits per heavy atom. The first-order chi connectivity index (χ1) is 13.1. The van der Waals surface area contributed by atoms with Crippen molar-refractivity contribution in [1.82, 2.24) is 4.90 Å². The summed E-state index contributed by atoms with van der Waals surface area (Å²) in [5, 5.41) is 13.3. The maximum Gasteiger partial charge on any atom is 0.264 e. The number of nitrogens with zero attached hydrogens (tertiary/aromatic N) is 1. The summed E-state index contributed by atoms with van der Waals surface area (Å²) in [6.45, 7) is 3.13. The van der Waals surface area contributed by atoms with Gasteiger partial charge in [0.15, 0.2) is 0 Å². The summed E-state index contributed by atoms with van der Waals surface area (Å²) in [6, 6.07) is 11.7. The molecule has 0 unspecified atom stereocenters. The first kappa shape index (κ1) is 18.5. The second kappa shape index (κ2) is 7.64. The van der Waals surface area contributed by atoms with Gasteiger partial charge in [-0.3, -0.25) is 4.79 Å². The van der Waals surface area contributed by atoms with Crippen molar-refractivity contribution in [2.24, 2.45) is 5.92 Å². The number of rotatable bonds is 4. The summed E-state index contributed by atoms with van der Waals surface area (Å²) in [7, 11) is 0. The van der Waals surface area contributed by atoms with Gasteiger partial charge in [0, 0.05) is 18.0 Å². The van der Waals surface area contributed by atoms with Crippen LogP contribution in [0.1, 0.15) is 60.3 Å². The smallest absolute Gasteiger partial charge is 0.264 e. The minimum Gasteiger partial charge on any atom is -0.494 e. The van der Waals surface area contributed by atoms with Gasteiger partial charge in [0.25, 0.3) is 5.91 Å². The molecule has 1 saturated heterocycles. The van der Waals surface area contributed by atoms with Crippen LogP contribution in [0.4, 0.5) is 0 Å². The number of ether oxygens (including phenoxy) is 1. The fourth-order valence-corrected chi connectivity index (χ4v) is 5.53. The lowest BCUT2D eigenvalue weighted by Crippen LogP contribution is -2.56. The Hall–Kier alpha value is -1.85. The van der Waals surface area contributed by atoms with Gasteiger partial charge < -0.3 is 14.7 Å². The zero-order valence-corrected chi connectivity index (χ0v) is 16.6. The highest BCUT2D eigenvalue weighted by Gasteiger charge is 2.51. The van der Waals surface area contributed by atoms with E-state index >= 15 is 0 Å². The van der Waals surface area contributed by atoms with Gasteiger partial charge in [0.2, 0.25) is 0 Å². The molecule has 27 heavy (non-hydrogen) atoms. The third-order valence-corrected chi connectivity index (χ3v) is 6.96. The average molecular weight is 386 g/mol. The number of para-hydroxylation sites is 1. The number of hydrogen-bond acceptors (Lipinski definition) is 4. The van der Waals surface area contributed by atoms with Crippen molar-refractivity contribution < 1.29 is 14.6 Å². The third kappa shape index (κ3) is 3.39. The number of piperidine rings is 1. The number of aliphatic hydroxyl groups is 1. The molecule has 0 radical (unpaired) electrons. The van der Waals surface area contributed by atoms with Crippen molar-refractivity contribution >= 4 is 17.2 Å². The van der Waals surface area contributed by atoms with Crippen molar-refractivity contribution in [2.75, 3.05) is 13.2 Å². The Kier molecular flexibility index (Phi) is 5.24. The molecule has 1 N–H and O–H groups in total. The van der Waals surface area contributed by atoms with E-state index in [9.17, 15) is 9.90 Å². The fourth-order valence-electron chi connectivity index (χ4n) is 4.85. The first-order valence-corrected chi connectivity index (χ1v) is 10.8. The number of amides is 1. The SMILES string of the molecule is CCOc1ccccc1[C@@H]1[C@@H]2CCCC[C@]2(O)CCN1C(=O)c1cccs1. The molecule has 2 aromatic rings. The fraction of sp³-hybridized carbons (Fsp3) is 0.500. The number of thiophene rings is 1. The zero-order chi connectivity index (χ0) is 18.9. The van der Waals surface area contributed by atoms with E-state index in [1.165, 1.54) is 11.3 Å². The van der Waals surface area contributed by atoms with Crippen LogP contribution >= 0.6 is 11.3 Å². The Morgan fingerprint density at radius 2 is 2.11 bits per heavy atom. The number of hydrogen-bond donors (Lipinski definition) is 1. The van der Waals surface area contributed by atoms with E-state index in [4.69, 9.17) is 4.74 Å². The number of carbonyl (C=O) groups excluding carboxylic acids is 1. The normalized spacial score (nSPS) is 27.9. The van der Waals surface area contributed by atoms with Crippen molar-refractivity contribution in [3.63, 3.8) is 0 Å². The summed E-state index contributed by atoms with van der Waals surface area (Å²) >= 11 is 1.48. The van der Waals surface area contributed by atoms with E-state index in [1.54, 1.807) is 0 Å². The van der Waals surface area contributed by atoms with Crippen LogP contribution in [0.3, 0.4) is 0 Å². The number of carbonyl (C=O) groups is 1. The first-order valence-electron chi connectivity index (χ1n) is 9.92. The average Bonchev–Trinajstić information content (AvgIpc) is 3.22. The van der Waals surface area contributed by atoms with Crippen LogP contribution < -0.4 is 4.74 Å². The number of likely N-dealkylation sites (tertiary alicyclic amines) is 1. The van der Waals surface area contributed by atoms with Gasteiger partial charge >= 0.3 is 0 Å². The summed E-state index contributed by atoms with van der Waals surface area (Å²) in [4.78, 5) is 16.0. The second-order valence-corrected chi connectivity index (χ2v) is 8.55. The maximum atomic E-state index is 13.3. The van der Waals surface area contributed by atoms with Crippen molar-refractivity contribution in [3.05, 3.63) is 52.2 Å². The third-order valence-electron chi connectivity index (χ3n) is 6.10. The van der Waals surface area contributed by atoms with Gasteiger partial charge in [-0.05, 0) is 43.7 Å². The molecule has 144 valence electrons. The van der Waals surface area contributed by atoms with Crippen LogP contribution in [0.2, 0.25) is 0 Å². The molecule has 1 aliphatic carbocycles. The highest BCUT2D eigenvalue weighted by Crippen LogP contribution is 2.51. The van der Waals surface area contributed by atoms with Crippen LogP contribution in [0.15, 0.2) is 41.8 Å². The van der Waals surface area contributed by atoms with Gasteiger partial charge in [-0.1, -0.05) is 37.1 Å².